The Morgan fingerprint density at radius 1 is 0.333 bits per heavy atom. The van der Waals surface area contributed by atoms with Gasteiger partial charge in [0.2, 0.25) is 24.4 Å². The number of carbonyl (C=O) groups excluding carboxylic acids is 8. The Labute approximate surface area is 614 Å². The Kier molecular flexibility index (Phi) is 21.3. The third kappa shape index (κ3) is 16.6. The summed E-state index contributed by atoms with van der Waals surface area (Å²) >= 11 is 0. The fourth-order valence-corrected chi connectivity index (χ4v) is 13.4. The van der Waals surface area contributed by atoms with Crippen molar-refractivity contribution in [2.75, 3.05) is 14.2 Å². The van der Waals surface area contributed by atoms with Crippen LogP contribution in [0.1, 0.15) is 77.6 Å². The monoisotopic (exact) mass is 1510 g/mol. The SMILES string of the molecule is CC1(C)OC2OC3C(OC(=O)/C=C/c4ccc(O)c(O)c4)C(=O)OC3C2O1.CC1(C)OC2OC3C(OC(=O)/C=C/c4ccc(O)cc4)C(=O)OC3C2O1.COc1cc(/C=C/C(=O)OC2C(=O)OC3C4OC(C)(C)OC4OC23)ccc1O.COc1ccc(/C=C/C(=O)OC2C(=O)OC3C4OC(C)(C)OC4OC23)cc1. The molecule has 0 aliphatic carbocycles. The van der Waals surface area contributed by atoms with E-state index >= 15 is 0 Å². The number of rotatable bonds is 14. The van der Waals surface area contributed by atoms with Gasteiger partial charge in [-0.15, -0.1) is 0 Å². The van der Waals surface area contributed by atoms with Crippen LogP contribution in [-0.2, 0) is 133 Å². The minimum absolute atomic E-state index is 0.0153. The maximum atomic E-state index is 12.2. The number of hydrogen-bond acceptors (Lipinski definition) is 34. The van der Waals surface area contributed by atoms with Crippen molar-refractivity contribution in [3.63, 3.8) is 0 Å². The Hall–Kier alpha value is -10.1. The lowest BCUT2D eigenvalue weighted by atomic mass is 10.1. The fraction of sp³-hybridized carbons (Fsp3) is 0.459. The molecule has 0 amide bonds. The van der Waals surface area contributed by atoms with Crippen LogP contribution in [0.25, 0.3) is 24.3 Å². The molecule has 4 aromatic rings. The molecule has 12 heterocycles. The summed E-state index contributed by atoms with van der Waals surface area (Å²) in [5.41, 5.74) is 2.55. The van der Waals surface area contributed by atoms with Gasteiger partial charge in [-0.05, 0) is 150 Å². The van der Waals surface area contributed by atoms with Gasteiger partial charge in [0.05, 0.1) is 14.2 Å². The van der Waals surface area contributed by atoms with E-state index in [4.69, 9.17) is 104 Å². The minimum Gasteiger partial charge on any atom is -0.508 e. The molecule has 0 bridgehead atoms. The molecule has 20 unspecified atom stereocenters. The molecular weight excluding hydrogens is 1430 g/mol. The zero-order chi connectivity index (χ0) is 77.1. The average Bonchev–Trinajstić information content (AvgIpc) is 1.61. The zero-order valence-electron chi connectivity index (χ0n) is 59.3. The molecular formula is C74H76O34. The molecule has 34 nitrogen and oxygen atoms in total. The van der Waals surface area contributed by atoms with Gasteiger partial charge in [0.1, 0.15) is 35.9 Å². The number of aromatic hydroxyl groups is 4. The fourth-order valence-electron chi connectivity index (χ4n) is 13.4. The van der Waals surface area contributed by atoms with Crippen LogP contribution in [0.5, 0.6) is 34.5 Å². The van der Waals surface area contributed by atoms with Gasteiger partial charge in [-0.25, -0.2) is 38.4 Å². The second kappa shape index (κ2) is 30.2. The predicted octanol–water partition coefficient (Wildman–Crippen LogP) is 4.49. The van der Waals surface area contributed by atoms with E-state index in [2.05, 4.69) is 0 Å². The van der Waals surface area contributed by atoms with Gasteiger partial charge in [-0.1, -0.05) is 36.4 Å². The van der Waals surface area contributed by atoms with E-state index in [0.717, 1.165) is 17.7 Å². The summed E-state index contributed by atoms with van der Waals surface area (Å²) in [6.45, 7) is 13.9. The summed E-state index contributed by atoms with van der Waals surface area (Å²) in [7, 11) is 3.00. The van der Waals surface area contributed by atoms with Crippen molar-refractivity contribution < 1.29 is 163 Å². The molecule has 34 heteroatoms. The van der Waals surface area contributed by atoms with Gasteiger partial charge in [0.25, 0.3) is 0 Å². The summed E-state index contributed by atoms with van der Waals surface area (Å²) in [5, 5.41) is 37.6. The first-order valence-corrected chi connectivity index (χ1v) is 33.9. The molecule has 12 aliphatic rings. The normalized spacial score (nSPS) is 33.6. The summed E-state index contributed by atoms with van der Waals surface area (Å²) in [4.78, 5) is 96.7. The highest BCUT2D eigenvalue weighted by atomic mass is 16.9. The van der Waals surface area contributed by atoms with Crippen LogP contribution in [0.4, 0.5) is 0 Å². The Bertz CT molecular complexity index is 4230. The van der Waals surface area contributed by atoms with E-state index in [-0.39, 0.29) is 28.7 Å². The van der Waals surface area contributed by atoms with E-state index in [1.807, 2.05) is 0 Å². The Morgan fingerprint density at radius 2 is 0.620 bits per heavy atom. The first-order valence-electron chi connectivity index (χ1n) is 33.9. The number of carbonyl (C=O) groups is 8. The molecule has 0 aromatic heterocycles. The maximum absolute atomic E-state index is 12.2. The lowest BCUT2D eigenvalue weighted by molar-refractivity contribution is -0.216. The quantitative estimate of drug-likeness (QED) is 0.0584. The van der Waals surface area contributed by atoms with Gasteiger partial charge in [-0.3, -0.25) is 0 Å². The summed E-state index contributed by atoms with van der Waals surface area (Å²) in [5.74, 6) is -8.43. The lowest BCUT2D eigenvalue weighted by Crippen LogP contribution is -2.37. The number of methoxy groups -OCH3 is 2. The number of ether oxygens (including phenoxy) is 22. The number of fused-ring (bicyclic) bond motifs is 12. The third-order valence-electron chi connectivity index (χ3n) is 18.1. The van der Waals surface area contributed by atoms with Crippen molar-refractivity contribution in [2.24, 2.45) is 0 Å². The van der Waals surface area contributed by atoms with E-state index in [1.54, 1.807) is 117 Å². The second-order valence-electron chi connectivity index (χ2n) is 27.7. The highest BCUT2D eigenvalue weighted by molar-refractivity contribution is 5.93. The molecule has 576 valence electrons. The highest BCUT2D eigenvalue weighted by Crippen LogP contribution is 2.48. The van der Waals surface area contributed by atoms with Gasteiger partial charge in [-0.2, -0.15) is 0 Å². The van der Waals surface area contributed by atoms with Crippen molar-refractivity contribution in [1.82, 2.24) is 0 Å². The molecule has 4 aromatic carbocycles. The van der Waals surface area contributed by atoms with Gasteiger partial charge in [0, 0.05) is 24.3 Å². The Morgan fingerprint density at radius 3 is 0.926 bits per heavy atom. The van der Waals surface area contributed by atoms with E-state index < -0.39 is 194 Å². The van der Waals surface area contributed by atoms with Crippen molar-refractivity contribution in [3.05, 3.63) is 131 Å². The molecule has 108 heavy (non-hydrogen) atoms. The average molecular weight is 1510 g/mol. The standard InChI is InChI=1S/C19H20O9.C19H20O8.C18H18O9.C18H18O8/c1-19(2)27-16-14-13(26-18(16)28-19)15(17(22)25-14)24-12(21)7-5-9-4-6-10(20)11(8-9)23-3;1-19(2)26-16-14-13(25-18(16)27-19)15(17(21)24-14)23-12(20)9-6-10-4-7-11(22-3)8-5-10;1-18(2)26-15-13-12(25-17(15)27-18)14(16(22)24-13)23-11(21)6-4-8-3-5-9(19)10(20)7-8;1-18(2)25-15-13-12(24-17(15)26-18)14(16(21)23-13)22-11(20)8-5-9-3-6-10(19)7-4-9/h4-8,13-16,18,20H,1-3H3;4-9,13-16,18H,1-3H3;3-7,12-15,17,19-20H,1-2H3;3-8,12-15,17,19H,1-2H3/b7-5+;9-6+;6-4+;8-5+. The van der Waals surface area contributed by atoms with Crippen LogP contribution in [0, 0.1) is 0 Å². The number of esters is 8. The largest absolute Gasteiger partial charge is 0.508 e. The van der Waals surface area contributed by atoms with Gasteiger partial charge in [0.15, 0.2) is 120 Å². The number of phenolic OH excluding ortho intramolecular Hbond substituents is 4. The second-order valence-corrected chi connectivity index (χ2v) is 27.7. The van der Waals surface area contributed by atoms with Gasteiger partial charge >= 0.3 is 47.8 Å². The van der Waals surface area contributed by atoms with E-state index in [1.165, 1.54) is 73.9 Å². The first-order chi connectivity index (χ1) is 51.2. The van der Waals surface area contributed by atoms with Crippen molar-refractivity contribution in [3.8, 4) is 34.5 Å². The van der Waals surface area contributed by atoms with Crippen LogP contribution in [-0.4, -0.2) is 228 Å². The topological polar surface area (TPSA) is 421 Å². The van der Waals surface area contributed by atoms with E-state index in [9.17, 15) is 58.8 Å². The zero-order valence-corrected chi connectivity index (χ0v) is 59.3. The minimum atomic E-state index is -1.22. The smallest absolute Gasteiger partial charge is 0.350 e. The molecule has 0 saturated carbocycles. The van der Waals surface area contributed by atoms with Crippen LogP contribution < -0.4 is 9.47 Å². The predicted molar refractivity (Wildman–Crippen MR) is 355 cm³/mol. The molecule has 16 rings (SSSR count). The van der Waals surface area contributed by atoms with Crippen LogP contribution >= 0.6 is 0 Å². The van der Waals surface area contributed by atoms with Crippen molar-refractivity contribution in [2.45, 2.75) is 201 Å². The lowest BCUT2D eigenvalue weighted by Gasteiger charge is -2.21. The van der Waals surface area contributed by atoms with Gasteiger partial charge < -0.3 is 125 Å². The summed E-state index contributed by atoms with van der Waals surface area (Å²) in [6.07, 6.45) is -4.85. The van der Waals surface area contributed by atoms with Crippen LogP contribution in [0.2, 0.25) is 0 Å². The van der Waals surface area contributed by atoms with Crippen molar-refractivity contribution >= 4 is 72.1 Å². The molecule has 0 spiro atoms. The first kappa shape index (κ1) is 76.1. The molecule has 12 fully saturated rings. The Balaban J connectivity index is 0.000000127. The number of hydrogen-bond donors (Lipinski definition) is 4. The molecule has 20 atom stereocenters. The maximum Gasteiger partial charge on any atom is 0.350 e. The van der Waals surface area contributed by atoms with Crippen LogP contribution in [0.3, 0.4) is 0 Å². The highest BCUT2D eigenvalue weighted by Gasteiger charge is 2.68. The molecule has 0 radical (unpaired) electrons. The summed E-state index contributed by atoms with van der Waals surface area (Å²) < 4.78 is 120. The number of benzene rings is 4. The third-order valence-corrected chi connectivity index (χ3v) is 18.1. The summed E-state index contributed by atoms with van der Waals surface area (Å²) in [6, 6.07) is 22.0. The molecule has 12 saturated heterocycles. The van der Waals surface area contributed by atoms with Crippen molar-refractivity contribution in [1.29, 1.82) is 0 Å². The van der Waals surface area contributed by atoms with E-state index in [0.29, 0.717) is 22.4 Å². The molecule has 4 N–H and O–H groups in total. The molecule has 12 aliphatic heterocycles. The van der Waals surface area contributed by atoms with Crippen LogP contribution in [0.15, 0.2) is 109 Å². The number of phenols is 4.